The molecule has 6 heteroatoms. The van der Waals surface area contributed by atoms with Crippen molar-refractivity contribution < 1.29 is 4.79 Å². The molecule has 2 unspecified atom stereocenters. The van der Waals surface area contributed by atoms with E-state index in [0.717, 1.165) is 52.0 Å². The summed E-state index contributed by atoms with van der Waals surface area (Å²) in [6.45, 7) is 5.37. The van der Waals surface area contributed by atoms with Gasteiger partial charge in [-0.25, -0.2) is 0 Å². The zero-order valence-electron chi connectivity index (χ0n) is 15.2. The van der Waals surface area contributed by atoms with Crippen molar-refractivity contribution in [2.75, 3.05) is 44.2 Å². The smallest absolute Gasteiger partial charge is 0.234 e. The van der Waals surface area contributed by atoms with Crippen LogP contribution in [0.15, 0.2) is 24.3 Å². The molecule has 6 nitrogen and oxygen atoms in total. The van der Waals surface area contributed by atoms with Crippen LogP contribution in [0, 0.1) is 11.3 Å². The Balaban J connectivity index is 1.35. The van der Waals surface area contributed by atoms with E-state index < -0.39 is 0 Å². The summed E-state index contributed by atoms with van der Waals surface area (Å²) in [7, 11) is 0. The minimum Gasteiger partial charge on any atom is -0.369 e. The summed E-state index contributed by atoms with van der Waals surface area (Å²) in [4.78, 5) is 18.5. The predicted octanol–water partition coefficient (Wildman–Crippen LogP) is 1.14. The summed E-state index contributed by atoms with van der Waals surface area (Å²) in [5.41, 5.74) is 8.20. The van der Waals surface area contributed by atoms with Crippen molar-refractivity contribution in [2.45, 2.75) is 37.3 Å². The molecule has 3 atom stereocenters. The van der Waals surface area contributed by atoms with Gasteiger partial charge >= 0.3 is 0 Å². The molecule has 2 N–H and O–H groups in total. The van der Waals surface area contributed by atoms with Crippen molar-refractivity contribution in [2.24, 2.45) is 5.73 Å². The standard InChI is InChI=1S/C20H27N5O/c21-7-9-23-10-12-24(13-11-23)16-5-3-15(4-6-16)17-14-19(17)25-8-1-2-18(25)20(22)26/h3-6,17-19H,1-2,8-14H2,(H2,22,26)/t17?,18-,19?/m0/s1. The fourth-order valence-corrected chi connectivity index (χ4v) is 4.59. The number of primary amides is 1. The maximum Gasteiger partial charge on any atom is 0.234 e. The first-order valence-electron chi connectivity index (χ1n) is 9.66. The van der Waals surface area contributed by atoms with Gasteiger partial charge < -0.3 is 10.6 Å². The summed E-state index contributed by atoms with van der Waals surface area (Å²) < 4.78 is 0. The van der Waals surface area contributed by atoms with E-state index in [1.807, 2.05) is 0 Å². The fraction of sp³-hybridized carbons (Fsp3) is 0.600. The Morgan fingerprint density at radius 2 is 1.88 bits per heavy atom. The molecule has 138 valence electrons. The SMILES string of the molecule is N#CCN1CCN(c2ccc(C3CC3N3CCC[C@H]3C(N)=O)cc2)CC1. The van der Waals surface area contributed by atoms with Gasteiger partial charge in [0.05, 0.1) is 18.7 Å². The molecule has 0 radical (unpaired) electrons. The van der Waals surface area contributed by atoms with Crippen LogP contribution in [0.3, 0.4) is 0 Å². The van der Waals surface area contributed by atoms with Crippen LogP contribution in [-0.2, 0) is 4.79 Å². The number of nitrogens with two attached hydrogens (primary N) is 1. The van der Waals surface area contributed by atoms with Crippen LogP contribution in [0.4, 0.5) is 5.69 Å². The van der Waals surface area contributed by atoms with Gasteiger partial charge in [-0.3, -0.25) is 14.6 Å². The number of nitrogens with zero attached hydrogens (tertiary/aromatic N) is 4. The normalized spacial score (nSPS) is 29.5. The lowest BCUT2D eigenvalue weighted by Crippen LogP contribution is -2.46. The molecule has 0 aromatic heterocycles. The quantitative estimate of drug-likeness (QED) is 0.803. The van der Waals surface area contributed by atoms with E-state index in [0.29, 0.717) is 18.5 Å². The Morgan fingerprint density at radius 1 is 1.15 bits per heavy atom. The number of likely N-dealkylation sites (tertiary alicyclic amines) is 1. The zero-order chi connectivity index (χ0) is 18.1. The molecule has 1 aromatic rings. The van der Waals surface area contributed by atoms with Crippen molar-refractivity contribution in [3.63, 3.8) is 0 Å². The second-order valence-corrected chi connectivity index (χ2v) is 7.72. The molecule has 1 amide bonds. The number of carbonyl (C=O) groups excluding carboxylic acids is 1. The first-order chi connectivity index (χ1) is 12.7. The number of anilines is 1. The highest BCUT2D eigenvalue weighted by Gasteiger charge is 2.47. The number of amides is 1. The van der Waals surface area contributed by atoms with Crippen LogP contribution >= 0.6 is 0 Å². The minimum atomic E-state index is -0.168. The van der Waals surface area contributed by atoms with Crippen LogP contribution in [0.1, 0.15) is 30.7 Å². The van der Waals surface area contributed by atoms with Crippen molar-refractivity contribution in [3.05, 3.63) is 29.8 Å². The molecule has 2 aliphatic heterocycles. The van der Waals surface area contributed by atoms with E-state index in [2.05, 4.69) is 45.0 Å². The average molecular weight is 353 g/mol. The molecule has 2 saturated heterocycles. The lowest BCUT2D eigenvalue weighted by molar-refractivity contribution is -0.122. The van der Waals surface area contributed by atoms with Gasteiger partial charge in [0.25, 0.3) is 0 Å². The van der Waals surface area contributed by atoms with Gasteiger partial charge in [-0.15, -0.1) is 0 Å². The fourth-order valence-electron chi connectivity index (χ4n) is 4.59. The predicted molar refractivity (Wildman–Crippen MR) is 101 cm³/mol. The lowest BCUT2D eigenvalue weighted by Gasteiger charge is -2.35. The first-order valence-corrected chi connectivity index (χ1v) is 9.66. The van der Waals surface area contributed by atoms with Crippen LogP contribution in [0.2, 0.25) is 0 Å². The third-order valence-electron chi connectivity index (χ3n) is 6.16. The van der Waals surface area contributed by atoms with E-state index in [9.17, 15) is 4.79 Å². The molecule has 4 rings (SSSR count). The zero-order valence-corrected chi connectivity index (χ0v) is 15.2. The van der Waals surface area contributed by atoms with E-state index in [1.54, 1.807) is 0 Å². The van der Waals surface area contributed by atoms with E-state index in [1.165, 1.54) is 11.3 Å². The average Bonchev–Trinajstić information content (AvgIpc) is 3.30. The molecule has 3 fully saturated rings. The number of nitriles is 1. The number of carbonyl (C=O) groups is 1. The highest BCUT2D eigenvalue weighted by molar-refractivity contribution is 5.80. The summed E-state index contributed by atoms with van der Waals surface area (Å²) in [5.74, 6) is 0.371. The number of hydrogen-bond acceptors (Lipinski definition) is 5. The van der Waals surface area contributed by atoms with Crippen molar-refractivity contribution in [1.29, 1.82) is 5.26 Å². The molecule has 1 aromatic carbocycles. The lowest BCUT2D eigenvalue weighted by atomic mass is 10.1. The topological polar surface area (TPSA) is 76.6 Å². The Labute approximate surface area is 155 Å². The highest BCUT2D eigenvalue weighted by Crippen LogP contribution is 2.47. The summed E-state index contributed by atoms with van der Waals surface area (Å²) in [6, 6.07) is 11.6. The highest BCUT2D eigenvalue weighted by atomic mass is 16.1. The number of benzene rings is 1. The third kappa shape index (κ3) is 3.42. The van der Waals surface area contributed by atoms with Crippen LogP contribution in [-0.4, -0.2) is 67.1 Å². The van der Waals surface area contributed by atoms with Crippen molar-refractivity contribution in [3.8, 4) is 6.07 Å². The molecule has 0 spiro atoms. The van der Waals surface area contributed by atoms with Gasteiger partial charge in [0.2, 0.25) is 5.91 Å². The molecular formula is C20H27N5O. The number of hydrogen-bond donors (Lipinski definition) is 1. The van der Waals surface area contributed by atoms with E-state index in [4.69, 9.17) is 11.0 Å². The van der Waals surface area contributed by atoms with Gasteiger partial charge in [-0.05, 0) is 43.5 Å². The summed E-state index contributed by atoms with van der Waals surface area (Å²) >= 11 is 0. The van der Waals surface area contributed by atoms with Gasteiger partial charge in [0.15, 0.2) is 0 Å². The monoisotopic (exact) mass is 353 g/mol. The van der Waals surface area contributed by atoms with Crippen molar-refractivity contribution in [1.82, 2.24) is 9.80 Å². The summed E-state index contributed by atoms with van der Waals surface area (Å²) in [5, 5.41) is 8.80. The Kier molecular flexibility index (Phi) is 4.84. The molecule has 1 aliphatic carbocycles. The van der Waals surface area contributed by atoms with E-state index >= 15 is 0 Å². The van der Waals surface area contributed by atoms with Crippen LogP contribution in [0.25, 0.3) is 0 Å². The van der Waals surface area contributed by atoms with E-state index in [-0.39, 0.29) is 11.9 Å². The third-order valence-corrected chi connectivity index (χ3v) is 6.16. The minimum absolute atomic E-state index is 0.0611. The van der Waals surface area contributed by atoms with Crippen molar-refractivity contribution >= 4 is 11.6 Å². The molecule has 0 bridgehead atoms. The summed E-state index contributed by atoms with van der Waals surface area (Å²) in [6.07, 6.45) is 3.12. The second kappa shape index (κ2) is 7.26. The Hall–Kier alpha value is -2.10. The van der Waals surface area contributed by atoms with Gasteiger partial charge in [0.1, 0.15) is 0 Å². The molecule has 1 saturated carbocycles. The molecule has 3 aliphatic rings. The maximum absolute atomic E-state index is 11.6. The van der Waals surface area contributed by atoms with Gasteiger partial charge in [0, 0.05) is 43.8 Å². The van der Waals surface area contributed by atoms with Crippen LogP contribution in [0.5, 0.6) is 0 Å². The van der Waals surface area contributed by atoms with Gasteiger partial charge in [-0.1, -0.05) is 12.1 Å². The molecule has 26 heavy (non-hydrogen) atoms. The number of rotatable bonds is 5. The first kappa shape index (κ1) is 17.3. The molecular weight excluding hydrogens is 326 g/mol. The Morgan fingerprint density at radius 3 is 2.54 bits per heavy atom. The maximum atomic E-state index is 11.6. The largest absolute Gasteiger partial charge is 0.369 e. The van der Waals surface area contributed by atoms with Crippen LogP contribution < -0.4 is 10.6 Å². The Bertz CT molecular complexity index is 689. The van der Waals surface area contributed by atoms with Gasteiger partial charge in [-0.2, -0.15) is 5.26 Å². The number of piperazine rings is 1. The second-order valence-electron chi connectivity index (χ2n) is 7.72. The molecule has 2 heterocycles.